The molecule has 0 saturated carbocycles. The van der Waals surface area contributed by atoms with E-state index in [-0.39, 0.29) is 0 Å². The van der Waals surface area contributed by atoms with Crippen LogP contribution in [0.15, 0.2) is 24.3 Å². The number of aromatic hydroxyl groups is 1. The molecule has 0 saturated heterocycles. The van der Waals surface area contributed by atoms with Crippen molar-refractivity contribution in [1.29, 1.82) is 0 Å². The predicted octanol–water partition coefficient (Wildman–Crippen LogP) is 4.11. The van der Waals surface area contributed by atoms with Crippen LogP contribution in [0.2, 0.25) is 16.1 Å². The molecule has 2 atom stereocenters. The molecule has 1 nitrogen and oxygen atoms in total. The van der Waals surface area contributed by atoms with Crippen LogP contribution >= 0.6 is 0 Å². The summed E-state index contributed by atoms with van der Waals surface area (Å²) in [6, 6.07) is 7.69. The molecular weight excluding hydrogens is 259 g/mol. The molecule has 0 aliphatic carbocycles. The molecule has 0 spiro atoms. The molecule has 0 amide bonds. The van der Waals surface area contributed by atoms with Crippen molar-refractivity contribution in [3.8, 4) is 5.75 Å². The summed E-state index contributed by atoms with van der Waals surface area (Å²) >= 11 is -0.624. The average molecular weight is 282 g/mol. The van der Waals surface area contributed by atoms with Crippen LogP contribution in [0.4, 0.5) is 0 Å². The van der Waals surface area contributed by atoms with Gasteiger partial charge in [0.15, 0.2) is 0 Å². The van der Waals surface area contributed by atoms with E-state index in [0.29, 0.717) is 5.75 Å². The fourth-order valence-corrected chi connectivity index (χ4v) is 6.36. The summed E-state index contributed by atoms with van der Waals surface area (Å²) in [5.74, 6) is 1.13. The van der Waals surface area contributed by atoms with Gasteiger partial charge < -0.3 is 0 Å². The Morgan fingerprint density at radius 3 is 2.50 bits per heavy atom. The fourth-order valence-electron chi connectivity index (χ4n) is 2.47. The van der Waals surface area contributed by atoms with Crippen LogP contribution in [-0.2, 0) is 6.42 Å². The third kappa shape index (κ3) is 3.86. The van der Waals surface area contributed by atoms with Gasteiger partial charge in [-0.15, -0.1) is 0 Å². The molecule has 0 radical (unpaired) electrons. The van der Waals surface area contributed by atoms with Crippen LogP contribution in [-0.4, -0.2) is 19.8 Å². The quantitative estimate of drug-likeness (QED) is 0.806. The van der Waals surface area contributed by atoms with E-state index in [1.807, 2.05) is 12.1 Å². The van der Waals surface area contributed by atoms with Crippen LogP contribution in [0.5, 0.6) is 5.75 Å². The second-order valence-electron chi connectivity index (χ2n) is 4.79. The Morgan fingerprint density at radius 2 is 2.00 bits per heavy atom. The zero-order valence-electron chi connectivity index (χ0n) is 10.8. The van der Waals surface area contributed by atoms with Crippen molar-refractivity contribution in [3.63, 3.8) is 0 Å². The first-order chi connectivity index (χ1) is 7.54. The summed E-state index contributed by atoms with van der Waals surface area (Å²) in [5, 5.41) is 9.44. The van der Waals surface area contributed by atoms with E-state index < -0.39 is 14.7 Å². The van der Waals surface area contributed by atoms with Gasteiger partial charge in [-0.05, 0) is 0 Å². The molecule has 1 aromatic rings. The molecule has 16 heavy (non-hydrogen) atoms. The van der Waals surface area contributed by atoms with E-state index >= 15 is 0 Å². The summed E-state index contributed by atoms with van der Waals surface area (Å²) < 4.78 is 0.912. The van der Waals surface area contributed by atoms with E-state index in [4.69, 9.17) is 0 Å². The van der Waals surface area contributed by atoms with Crippen molar-refractivity contribution in [1.82, 2.24) is 0 Å². The van der Waals surface area contributed by atoms with Crippen LogP contribution < -0.4 is 0 Å². The summed E-state index contributed by atoms with van der Waals surface area (Å²) in [5.41, 5.74) is 6.15. The molecule has 1 N–H and O–H groups in total. The van der Waals surface area contributed by atoms with Gasteiger partial charge in [0, 0.05) is 0 Å². The van der Waals surface area contributed by atoms with Crippen LogP contribution in [0.3, 0.4) is 0 Å². The Bertz CT molecular complexity index is 322. The molecule has 0 fully saturated rings. The van der Waals surface area contributed by atoms with Gasteiger partial charge in [-0.1, -0.05) is 0 Å². The molecule has 1 rings (SSSR count). The first-order valence-electron chi connectivity index (χ1n) is 5.99. The molecule has 1 aromatic carbocycles. The van der Waals surface area contributed by atoms with Crippen molar-refractivity contribution in [3.05, 3.63) is 29.8 Å². The Balaban J connectivity index is 2.66. The van der Waals surface area contributed by atoms with Gasteiger partial charge in [0.1, 0.15) is 0 Å². The Hall–Kier alpha value is -0.422. The second-order valence-corrected chi connectivity index (χ2v) is 10.2. The van der Waals surface area contributed by atoms with Crippen LogP contribution in [0.25, 0.3) is 0 Å². The Kier molecular flexibility index (Phi) is 5.41. The zero-order chi connectivity index (χ0) is 12.1. The van der Waals surface area contributed by atoms with Gasteiger partial charge in [0.2, 0.25) is 0 Å². The van der Waals surface area contributed by atoms with Gasteiger partial charge >= 0.3 is 104 Å². The van der Waals surface area contributed by atoms with Crippen LogP contribution in [0, 0.1) is 5.92 Å². The topological polar surface area (TPSA) is 20.2 Å². The minimum atomic E-state index is -0.624. The van der Waals surface area contributed by atoms with Crippen LogP contribution in [0.1, 0.15) is 25.8 Å². The number of phenolic OH excluding ortho intramolecular Hbond substituents is 1. The fraction of sp³-hybridized carbons (Fsp3) is 0.571. The summed E-state index contributed by atoms with van der Waals surface area (Å²) in [6.07, 6.45) is 2.40. The summed E-state index contributed by atoms with van der Waals surface area (Å²) in [7, 11) is 0. The standard InChI is InChI=1S/C14H23AsO/c1-5-14(15(3)4)11(2)9-12-7-6-8-13(16)10-12/h6-8,10-11,14,16H,5,9H2,1-4H3. The Morgan fingerprint density at radius 1 is 1.31 bits per heavy atom. The van der Waals surface area contributed by atoms with Crippen molar-refractivity contribution < 1.29 is 5.11 Å². The molecule has 90 valence electrons. The molecule has 0 heterocycles. The number of hydrogen-bond donors (Lipinski definition) is 1. The van der Waals surface area contributed by atoms with Gasteiger partial charge in [0.25, 0.3) is 0 Å². The molecule has 0 bridgehead atoms. The SMILES string of the molecule is CCC(C(C)Cc1cccc(O)c1)[As](C)C. The second kappa shape index (κ2) is 6.35. The normalized spacial score (nSPS) is 15.1. The van der Waals surface area contributed by atoms with E-state index in [9.17, 15) is 5.11 Å². The third-order valence-electron chi connectivity index (χ3n) is 3.21. The molecule has 0 aliphatic heterocycles. The van der Waals surface area contributed by atoms with Crippen molar-refractivity contribution in [2.45, 2.75) is 42.8 Å². The number of benzene rings is 1. The number of hydrogen-bond acceptors (Lipinski definition) is 1. The average Bonchev–Trinajstić information content (AvgIpc) is 2.17. The van der Waals surface area contributed by atoms with Gasteiger partial charge in [-0.3, -0.25) is 0 Å². The molecule has 2 heteroatoms. The van der Waals surface area contributed by atoms with Crippen molar-refractivity contribution in [2.75, 3.05) is 0 Å². The van der Waals surface area contributed by atoms with Crippen molar-refractivity contribution >= 4 is 14.7 Å². The minimum absolute atomic E-state index is 0.389. The van der Waals surface area contributed by atoms with Gasteiger partial charge in [-0.2, -0.15) is 0 Å². The zero-order valence-corrected chi connectivity index (χ0v) is 12.6. The molecule has 0 aliphatic rings. The van der Waals surface area contributed by atoms with Crippen molar-refractivity contribution in [2.24, 2.45) is 5.92 Å². The van der Waals surface area contributed by atoms with Gasteiger partial charge in [0.05, 0.1) is 0 Å². The van der Waals surface area contributed by atoms with E-state index in [1.165, 1.54) is 12.0 Å². The first-order valence-corrected chi connectivity index (χ1v) is 10.8. The van der Waals surface area contributed by atoms with Gasteiger partial charge in [-0.25, -0.2) is 0 Å². The molecular formula is C14H23AsO. The number of phenols is 1. The Labute approximate surface area is 104 Å². The van der Waals surface area contributed by atoms with E-state index in [2.05, 4.69) is 31.3 Å². The maximum atomic E-state index is 9.44. The molecule has 2 unspecified atom stereocenters. The summed E-state index contributed by atoms with van der Waals surface area (Å²) in [4.78, 5) is 0. The molecule has 0 aromatic heterocycles. The number of rotatable bonds is 5. The van der Waals surface area contributed by atoms with E-state index in [1.54, 1.807) is 6.07 Å². The monoisotopic (exact) mass is 282 g/mol. The third-order valence-corrected chi connectivity index (χ3v) is 7.82. The maximum absolute atomic E-state index is 9.44. The predicted molar refractivity (Wildman–Crippen MR) is 72.5 cm³/mol. The van der Waals surface area contributed by atoms with E-state index in [0.717, 1.165) is 17.0 Å². The first kappa shape index (κ1) is 13.6. The summed E-state index contributed by atoms with van der Waals surface area (Å²) in [6.45, 7) is 4.66.